The van der Waals surface area contributed by atoms with E-state index in [4.69, 9.17) is 4.74 Å². The summed E-state index contributed by atoms with van der Waals surface area (Å²) < 4.78 is 9.83. The van der Waals surface area contributed by atoms with Gasteiger partial charge in [0.05, 0.1) is 13.5 Å². The lowest BCUT2D eigenvalue weighted by Gasteiger charge is -2.38. The molecule has 1 aliphatic heterocycles. The van der Waals surface area contributed by atoms with E-state index < -0.39 is 71.7 Å². The molecule has 1 fully saturated rings. The molecule has 14 heteroatoms. The molecule has 0 aliphatic carbocycles. The smallest absolute Gasteiger partial charge is 0.307 e. The van der Waals surface area contributed by atoms with Crippen LogP contribution in [0.3, 0.4) is 0 Å². The highest BCUT2D eigenvalue weighted by atomic mass is 16.5. The van der Waals surface area contributed by atoms with Gasteiger partial charge in [0.1, 0.15) is 24.2 Å². The van der Waals surface area contributed by atoms with Crippen LogP contribution >= 0.6 is 0 Å². The molecule has 6 atom stereocenters. The fourth-order valence-electron chi connectivity index (χ4n) is 5.48. The molecule has 0 spiro atoms. The van der Waals surface area contributed by atoms with Crippen molar-refractivity contribution in [2.75, 3.05) is 34.3 Å². The maximum atomic E-state index is 14.0. The van der Waals surface area contributed by atoms with Crippen LogP contribution in [0.15, 0.2) is 0 Å². The van der Waals surface area contributed by atoms with Crippen LogP contribution in [-0.2, 0) is 43.0 Å². The van der Waals surface area contributed by atoms with Gasteiger partial charge in [-0.25, -0.2) is 0 Å². The van der Waals surface area contributed by atoms with E-state index in [-0.39, 0.29) is 24.8 Å². The summed E-state index contributed by atoms with van der Waals surface area (Å²) in [5.74, 6) is -4.03. The molecule has 6 unspecified atom stereocenters. The van der Waals surface area contributed by atoms with Gasteiger partial charge in [0, 0.05) is 34.1 Å². The van der Waals surface area contributed by atoms with Crippen molar-refractivity contribution in [3.63, 3.8) is 0 Å². The van der Waals surface area contributed by atoms with Crippen LogP contribution in [0.1, 0.15) is 87.0 Å². The number of esters is 2. The monoisotopic (exact) mass is 653 g/mol. The van der Waals surface area contributed by atoms with E-state index in [1.807, 2.05) is 20.8 Å². The standard InChI is InChI=1S/C32H55N5O9/c1-11-14-24(46-22(7)38)30(42)37-18-13-15-23(37)29(41)34-26(20(5)12-2)31(43)36(9)27(19(3)4)32(44)35(8)21(6)28(40)33-17-16-25(39)45-10/h19-21,23-24,26-27H,11-18H2,1-10H3,(H,33,40)(H,34,41). The molecule has 14 nitrogen and oxygen atoms in total. The first kappa shape index (κ1) is 40.3. The minimum atomic E-state index is -0.988. The van der Waals surface area contributed by atoms with Crippen molar-refractivity contribution < 1.29 is 43.0 Å². The zero-order chi connectivity index (χ0) is 35.3. The Balaban J connectivity index is 3.15. The Morgan fingerprint density at radius 1 is 0.957 bits per heavy atom. The first-order valence-electron chi connectivity index (χ1n) is 16.2. The summed E-state index contributed by atoms with van der Waals surface area (Å²) in [6, 6.07) is -3.67. The maximum absolute atomic E-state index is 14.0. The van der Waals surface area contributed by atoms with Crippen molar-refractivity contribution in [3.8, 4) is 0 Å². The van der Waals surface area contributed by atoms with Gasteiger partial charge in [-0.05, 0) is 38.0 Å². The predicted octanol–water partition coefficient (Wildman–Crippen LogP) is 1.25. The lowest BCUT2D eigenvalue weighted by Crippen LogP contribution is -2.61. The third-order valence-electron chi connectivity index (χ3n) is 8.56. The van der Waals surface area contributed by atoms with Gasteiger partial charge in [0.25, 0.3) is 5.91 Å². The Bertz CT molecular complexity index is 1100. The Morgan fingerprint density at radius 3 is 2.11 bits per heavy atom. The molecule has 0 radical (unpaired) electrons. The fraction of sp³-hybridized carbons (Fsp3) is 0.781. The molecule has 1 rings (SSSR count). The van der Waals surface area contributed by atoms with E-state index >= 15 is 0 Å². The number of likely N-dealkylation sites (tertiary alicyclic amines) is 1. The van der Waals surface area contributed by atoms with E-state index in [9.17, 15) is 33.6 Å². The summed E-state index contributed by atoms with van der Waals surface area (Å²) in [4.78, 5) is 94.4. The molecular weight excluding hydrogens is 598 g/mol. The quantitative estimate of drug-likeness (QED) is 0.219. The Morgan fingerprint density at radius 2 is 1.59 bits per heavy atom. The van der Waals surface area contributed by atoms with Crippen LogP contribution in [0, 0.1) is 11.8 Å². The van der Waals surface area contributed by atoms with Crippen molar-refractivity contribution in [3.05, 3.63) is 0 Å². The number of carbonyl (C=O) groups is 7. The zero-order valence-electron chi connectivity index (χ0n) is 29.2. The summed E-state index contributed by atoms with van der Waals surface area (Å²) in [5.41, 5.74) is 0. The fourth-order valence-corrected chi connectivity index (χ4v) is 5.48. The second-order valence-corrected chi connectivity index (χ2v) is 12.3. The minimum Gasteiger partial charge on any atom is -0.469 e. The SMILES string of the molecule is CCCC(OC(C)=O)C(=O)N1CCCC1C(=O)NC(C(=O)N(C)C(C(=O)N(C)C(C)C(=O)NCCC(=O)OC)C(C)C)C(C)CC. The van der Waals surface area contributed by atoms with Crippen molar-refractivity contribution in [1.29, 1.82) is 0 Å². The lowest BCUT2D eigenvalue weighted by molar-refractivity contribution is -0.160. The van der Waals surface area contributed by atoms with Gasteiger partial charge in [-0.1, -0.05) is 47.5 Å². The highest BCUT2D eigenvalue weighted by Crippen LogP contribution is 2.23. The highest BCUT2D eigenvalue weighted by molar-refractivity contribution is 5.96. The van der Waals surface area contributed by atoms with Crippen molar-refractivity contribution in [2.24, 2.45) is 11.8 Å². The number of nitrogens with one attached hydrogen (secondary N) is 2. The molecule has 0 saturated carbocycles. The summed E-state index contributed by atoms with van der Waals surface area (Å²) in [6.07, 6.45) is 1.46. The second kappa shape index (κ2) is 19.1. The van der Waals surface area contributed by atoms with Gasteiger partial charge >= 0.3 is 11.9 Å². The number of rotatable bonds is 17. The lowest BCUT2D eigenvalue weighted by atomic mass is 9.94. The molecule has 262 valence electrons. The Kier molecular flexibility index (Phi) is 16.7. The molecule has 5 amide bonds. The third-order valence-corrected chi connectivity index (χ3v) is 8.56. The number of hydrogen-bond donors (Lipinski definition) is 2. The van der Waals surface area contributed by atoms with Gasteiger partial charge in [-0.15, -0.1) is 0 Å². The number of carbonyl (C=O) groups excluding carboxylic acids is 7. The number of amides is 5. The molecule has 0 aromatic heterocycles. The summed E-state index contributed by atoms with van der Waals surface area (Å²) in [7, 11) is 4.23. The molecule has 1 aliphatic rings. The van der Waals surface area contributed by atoms with Gasteiger partial charge in [-0.2, -0.15) is 0 Å². The number of nitrogens with zero attached hydrogens (tertiary/aromatic N) is 3. The largest absolute Gasteiger partial charge is 0.469 e. The van der Waals surface area contributed by atoms with Crippen molar-refractivity contribution in [2.45, 2.75) is 117 Å². The first-order valence-corrected chi connectivity index (χ1v) is 16.2. The molecular formula is C32H55N5O9. The average Bonchev–Trinajstić information content (AvgIpc) is 3.51. The second-order valence-electron chi connectivity index (χ2n) is 12.3. The third kappa shape index (κ3) is 11.0. The summed E-state index contributed by atoms with van der Waals surface area (Å²) in [6.45, 7) is 12.3. The normalized spacial score (nSPS) is 17.6. The van der Waals surface area contributed by atoms with Crippen LogP contribution in [-0.4, -0.2) is 121 Å². The zero-order valence-corrected chi connectivity index (χ0v) is 29.2. The Hall–Kier alpha value is -3.71. The van der Waals surface area contributed by atoms with Gasteiger partial charge in [0.15, 0.2) is 6.10 Å². The number of methoxy groups -OCH3 is 1. The number of hydrogen-bond acceptors (Lipinski definition) is 9. The average molecular weight is 654 g/mol. The van der Waals surface area contributed by atoms with E-state index in [0.717, 1.165) is 0 Å². The van der Waals surface area contributed by atoms with Crippen LogP contribution < -0.4 is 10.6 Å². The Labute approximate surface area is 273 Å². The molecule has 0 aromatic carbocycles. The molecule has 0 bridgehead atoms. The molecule has 1 heterocycles. The number of ether oxygens (including phenoxy) is 2. The first-order chi connectivity index (χ1) is 21.5. The molecule has 1 saturated heterocycles. The maximum Gasteiger partial charge on any atom is 0.307 e. The van der Waals surface area contributed by atoms with E-state index in [2.05, 4.69) is 15.4 Å². The predicted molar refractivity (Wildman–Crippen MR) is 170 cm³/mol. The van der Waals surface area contributed by atoms with Crippen LogP contribution in [0.5, 0.6) is 0 Å². The summed E-state index contributed by atoms with van der Waals surface area (Å²) >= 11 is 0. The van der Waals surface area contributed by atoms with E-state index in [0.29, 0.717) is 38.6 Å². The van der Waals surface area contributed by atoms with E-state index in [1.54, 1.807) is 20.8 Å². The summed E-state index contributed by atoms with van der Waals surface area (Å²) in [5, 5.41) is 5.48. The van der Waals surface area contributed by atoms with E-state index in [1.165, 1.54) is 42.8 Å². The van der Waals surface area contributed by atoms with Crippen LogP contribution in [0.25, 0.3) is 0 Å². The van der Waals surface area contributed by atoms with Crippen molar-refractivity contribution >= 4 is 41.5 Å². The van der Waals surface area contributed by atoms with Crippen LogP contribution in [0.4, 0.5) is 0 Å². The molecule has 2 N–H and O–H groups in total. The highest BCUT2D eigenvalue weighted by Gasteiger charge is 2.42. The topological polar surface area (TPSA) is 172 Å². The van der Waals surface area contributed by atoms with Gasteiger partial charge in [0.2, 0.25) is 23.6 Å². The van der Waals surface area contributed by atoms with Crippen LogP contribution in [0.2, 0.25) is 0 Å². The minimum absolute atomic E-state index is 0.0144. The molecule has 46 heavy (non-hydrogen) atoms. The number of likely N-dealkylation sites (N-methyl/N-ethyl adjacent to an activating group) is 2. The van der Waals surface area contributed by atoms with Crippen molar-refractivity contribution in [1.82, 2.24) is 25.3 Å². The van der Waals surface area contributed by atoms with Gasteiger partial charge < -0.3 is 34.8 Å². The molecule has 0 aromatic rings. The van der Waals surface area contributed by atoms with Gasteiger partial charge in [-0.3, -0.25) is 33.6 Å².